The van der Waals surface area contributed by atoms with Gasteiger partial charge < -0.3 is 39.8 Å². The monoisotopic (exact) mass is 950 g/mol. The van der Waals surface area contributed by atoms with E-state index in [4.69, 9.17) is 18.9 Å². The van der Waals surface area contributed by atoms with Gasteiger partial charge in [0.1, 0.15) is 39.6 Å². The Balaban J connectivity index is 1.38. The summed E-state index contributed by atoms with van der Waals surface area (Å²) >= 11 is 0. The summed E-state index contributed by atoms with van der Waals surface area (Å²) in [6.45, 7) is 3.88. The van der Waals surface area contributed by atoms with Crippen molar-refractivity contribution in [3.8, 4) is 23.0 Å². The zero-order valence-corrected chi connectivity index (χ0v) is 41.1. The van der Waals surface area contributed by atoms with Crippen LogP contribution in [0.2, 0.25) is 0 Å². The van der Waals surface area contributed by atoms with Gasteiger partial charge in [-0.1, -0.05) is 184 Å². The predicted molar refractivity (Wildman–Crippen MR) is 280 cm³/mol. The minimum atomic E-state index is -2.08. The first-order valence-corrected chi connectivity index (χ1v) is 24.1. The molecule has 10 nitrogen and oxygen atoms in total. The van der Waals surface area contributed by atoms with Gasteiger partial charge in [0, 0.05) is 22.3 Å². The summed E-state index contributed by atoms with van der Waals surface area (Å²) in [5.41, 5.74) is -3.32. The van der Waals surface area contributed by atoms with Crippen molar-refractivity contribution in [1.82, 2.24) is 10.6 Å². The Kier molecular flexibility index (Phi) is 15.1. The molecule has 0 heterocycles. The molecule has 0 saturated heterocycles. The molecule has 0 saturated carbocycles. The van der Waals surface area contributed by atoms with Gasteiger partial charge in [0.05, 0.1) is 40.5 Å². The van der Waals surface area contributed by atoms with Gasteiger partial charge >= 0.3 is 0 Å². The van der Waals surface area contributed by atoms with Crippen molar-refractivity contribution >= 4 is 33.4 Å². The average molecular weight is 951 g/mol. The molecule has 4 N–H and O–H groups in total. The molecule has 0 fully saturated rings. The highest BCUT2D eigenvalue weighted by Gasteiger charge is 2.53. The lowest BCUT2D eigenvalue weighted by Gasteiger charge is -2.43. The van der Waals surface area contributed by atoms with Crippen LogP contribution in [0.25, 0.3) is 21.5 Å². The highest BCUT2D eigenvalue weighted by molar-refractivity contribution is 6.06. The molecule has 2 amide bonds. The van der Waals surface area contributed by atoms with Gasteiger partial charge in [-0.05, 0) is 69.8 Å². The minimum absolute atomic E-state index is 0.118. The quantitative estimate of drug-likeness (QED) is 0.0555. The predicted octanol–water partition coefficient (Wildman–Crippen LogP) is 11.5. The van der Waals surface area contributed by atoms with Crippen LogP contribution >= 0.6 is 0 Å². The van der Waals surface area contributed by atoms with E-state index in [1.165, 1.54) is 28.4 Å². The smallest absolute Gasteiger partial charge is 0.236 e. The van der Waals surface area contributed by atoms with Crippen molar-refractivity contribution in [1.29, 1.82) is 0 Å². The number of nitrogens with one attached hydrogen (secondary N) is 2. The first-order chi connectivity index (χ1) is 34.5. The zero-order valence-electron chi connectivity index (χ0n) is 41.1. The summed E-state index contributed by atoms with van der Waals surface area (Å²) in [6, 6.07) is 53.3. The fraction of sp³-hybridized carbons (Fsp3) is 0.246. The minimum Gasteiger partial charge on any atom is -0.496 e. The number of carbonyl (C=O) groups is 2. The first kappa shape index (κ1) is 49.8. The molecule has 71 heavy (non-hydrogen) atoms. The highest BCUT2D eigenvalue weighted by atomic mass is 16.5. The number of benzene rings is 8. The van der Waals surface area contributed by atoms with Crippen molar-refractivity contribution in [2.75, 3.05) is 28.4 Å². The number of fused-ring (bicyclic) bond motifs is 2. The lowest BCUT2D eigenvalue weighted by Crippen LogP contribution is -2.57. The molecule has 8 aromatic rings. The molecule has 0 aliphatic rings. The zero-order chi connectivity index (χ0) is 50.2. The van der Waals surface area contributed by atoms with Crippen LogP contribution in [-0.2, 0) is 20.8 Å². The molecule has 0 aromatic heterocycles. The van der Waals surface area contributed by atoms with Crippen molar-refractivity contribution in [2.45, 2.75) is 62.8 Å². The number of para-hydroxylation sites is 4. The van der Waals surface area contributed by atoms with Gasteiger partial charge in [0.25, 0.3) is 0 Å². The Morgan fingerprint density at radius 1 is 0.423 bits per heavy atom. The Morgan fingerprint density at radius 3 is 1.01 bits per heavy atom. The third-order valence-corrected chi connectivity index (χ3v) is 13.9. The van der Waals surface area contributed by atoms with E-state index in [1.54, 1.807) is 48.5 Å². The van der Waals surface area contributed by atoms with Crippen LogP contribution in [0.5, 0.6) is 23.0 Å². The van der Waals surface area contributed by atoms with E-state index in [0.717, 1.165) is 21.5 Å². The fourth-order valence-corrected chi connectivity index (χ4v) is 10.6. The maximum Gasteiger partial charge on any atom is 0.236 e. The van der Waals surface area contributed by atoms with Gasteiger partial charge in [0.2, 0.25) is 11.8 Å². The van der Waals surface area contributed by atoms with E-state index in [0.29, 0.717) is 69.2 Å². The van der Waals surface area contributed by atoms with E-state index >= 15 is 9.59 Å². The van der Waals surface area contributed by atoms with Crippen molar-refractivity contribution < 1.29 is 38.7 Å². The van der Waals surface area contributed by atoms with Crippen LogP contribution in [0.15, 0.2) is 182 Å². The van der Waals surface area contributed by atoms with Crippen molar-refractivity contribution in [2.24, 2.45) is 5.41 Å². The number of aliphatic hydroxyl groups is 2. The number of amides is 2. The lowest BCUT2D eigenvalue weighted by atomic mass is 9.72. The highest BCUT2D eigenvalue weighted by Crippen LogP contribution is 2.52. The summed E-state index contributed by atoms with van der Waals surface area (Å²) in [5, 5.41) is 38.2. The van der Waals surface area contributed by atoms with Crippen LogP contribution in [0.4, 0.5) is 0 Å². The molecular weight excluding hydrogens is 889 g/mol. The molecule has 8 aromatic carbocycles. The second kappa shape index (κ2) is 21.5. The van der Waals surface area contributed by atoms with Gasteiger partial charge in [-0.3, -0.25) is 9.59 Å². The molecule has 0 unspecified atom stereocenters. The van der Waals surface area contributed by atoms with E-state index in [1.807, 2.05) is 147 Å². The molecule has 0 aliphatic carbocycles. The van der Waals surface area contributed by atoms with Crippen LogP contribution in [0.1, 0.15) is 85.0 Å². The van der Waals surface area contributed by atoms with Crippen molar-refractivity contribution in [3.05, 3.63) is 215 Å². The largest absolute Gasteiger partial charge is 0.496 e. The number of carbonyl (C=O) groups excluding carboxylic acids is 2. The summed E-state index contributed by atoms with van der Waals surface area (Å²) in [7, 11) is 6.14. The second-order valence-electron chi connectivity index (χ2n) is 17.9. The third-order valence-electron chi connectivity index (χ3n) is 13.9. The van der Waals surface area contributed by atoms with Crippen LogP contribution in [0, 0.1) is 5.41 Å². The summed E-state index contributed by atoms with van der Waals surface area (Å²) in [4.78, 5) is 32.6. The van der Waals surface area contributed by atoms with E-state index < -0.39 is 40.5 Å². The molecule has 2 atom stereocenters. The molecule has 0 radical (unpaired) electrons. The maximum absolute atomic E-state index is 16.3. The fourth-order valence-electron chi connectivity index (χ4n) is 10.6. The molecular formula is C61H62N2O8. The number of hydrogen-bond acceptors (Lipinski definition) is 8. The van der Waals surface area contributed by atoms with E-state index in [-0.39, 0.29) is 12.8 Å². The van der Waals surface area contributed by atoms with Gasteiger partial charge in [-0.15, -0.1) is 0 Å². The Hall–Kier alpha value is -7.66. The molecule has 10 heteroatoms. The van der Waals surface area contributed by atoms with Crippen LogP contribution in [-0.4, -0.2) is 50.5 Å². The molecule has 0 aliphatic heterocycles. The second-order valence-corrected chi connectivity index (χ2v) is 17.9. The van der Waals surface area contributed by atoms with Gasteiger partial charge in [-0.2, -0.15) is 0 Å². The van der Waals surface area contributed by atoms with Crippen LogP contribution < -0.4 is 29.6 Å². The SMILES string of the molecule is CCCC(CCC)(C(=O)N[C@@H](c1cccc2ccccc12)C(O)(c1ccccc1OC)c1ccccc1OC)C(=O)N[C@@H](c1cccc2ccccc12)C(O)(c1ccccc1OC)c1ccccc1OC. The Morgan fingerprint density at radius 2 is 0.704 bits per heavy atom. The van der Waals surface area contributed by atoms with E-state index in [9.17, 15) is 10.2 Å². The Labute approximate surface area is 416 Å². The molecule has 0 spiro atoms. The maximum atomic E-state index is 16.3. The first-order valence-electron chi connectivity index (χ1n) is 24.1. The standard InChI is InChI=1S/C61H62N2O8/c1-7-39-59(40-8-2,57(64)62-55(45-29-21-25-41-23-9-11-27-43(41)45)60(66,47-31-13-17-35-51(47)68-3)48-32-14-18-36-52(48)69-4)58(65)63-56(46-30-22-26-42-24-10-12-28-44(42)46)61(67,49-33-15-19-37-53(49)70-5)50-34-16-20-38-54(50)71-6/h9-38,55-56,66-67H,7-8,39-40H2,1-6H3,(H,62,64)(H,63,65)/t55-,56-/m0/s1. The number of hydrogen-bond donors (Lipinski definition) is 4. The van der Waals surface area contributed by atoms with Crippen LogP contribution in [0.3, 0.4) is 0 Å². The van der Waals surface area contributed by atoms with E-state index in [2.05, 4.69) is 10.6 Å². The average Bonchev–Trinajstić information content (AvgIpc) is 3.42. The number of rotatable bonds is 20. The normalized spacial score (nSPS) is 12.7. The topological polar surface area (TPSA) is 136 Å². The molecule has 0 bridgehead atoms. The molecule has 8 rings (SSSR count). The number of methoxy groups -OCH3 is 4. The molecule has 364 valence electrons. The summed E-state index contributed by atoms with van der Waals surface area (Å²) < 4.78 is 23.9. The Bertz CT molecular complexity index is 2830. The van der Waals surface area contributed by atoms with Gasteiger partial charge in [-0.25, -0.2) is 0 Å². The summed E-state index contributed by atoms with van der Waals surface area (Å²) in [6.07, 6.45) is 1.11. The van der Waals surface area contributed by atoms with Crippen molar-refractivity contribution in [3.63, 3.8) is 0 Å². The third kappa shape index (κ3) is 9.05. The summed E-state index contributed by atoms with van der Waals surface area (Å²) in [5.74, 6) is 0.255. The lowest BCUT2D eigenvalue weighted by molar-refractivity contribution is -0.148. The number of ether oxygens (including phenoxy) is 4. The van der Waals surface area contributed by atoms with Gasteiger partial charge in [0.15, 0.2) is 0 Å².